The summed E-state index contributed by atoms with van der Waals surface area (Å²) in [5.74, 6) is 0.622. The highest BCUT2D eigenvalue weighted by Gasteiger charge is 2.26. The molecule has 0 bridgehead atoms. The average Bonchev–Trinajstić information content (AvgIpc) is 3.35. The van der Waals surface area contributed by atoms with Gasteiger partial charge in [-0.1, -0.05) is 84.0 Å². The van der Waals surface area contributed by atoms with Crippen LogP contribution in [0.2, 0.25) is 0 Å². The van der Waals surface area contributed by atoms with Gasteiger partial charge in [0.15, 0.2) is 6.10 Å². The van der Waals surface area contributed by atoms with Crippen LogP contribution in [-0.2, 0) is 0 Å². The van der Waals surface area contributed by atoms with E-state index < -0.39 is 6.10 Å². The van der Waals surface area contributed by atoms with Gasteiger partial charge in [0.1, 0.15) is 5.76 Å². The van der Waals surface area contributed by atoms with E-state index in [-0.39, 0.29) is 0 Å². The third-order valence-electron chi connectivity index (χ3n) is 5.74. The number of rotatable bonds is 16. The Bertz CT molecular complexity index is 527. The molecule has 160 valence electrons. The zero-order chi connectivity index (χ0) is 20.0. The van der Waals surface area contributed by atoms with E-state index >= 15 is 0 Å². The molecule has 1 aromatic rings. The predicted molar refractivity (Wildman–Crippen MR) is 117 cm³/mol. The second kappa shape index (κ2) is 13.7. The van der Waals surface area contributed by atoms with Crippen molar-refractivity contribution in [2.45, 2.75) is 96.5 Å². The molecule has 2 rings (SSSR count). The first-order chi connectivity index (χ1) is 13.7. The number of hydrogen-bond donors (Lipinski definition) is 1. The van der Waals surface area contributed by atoms with E-state index in [0.29, 0.717) is 5.76 Å². The molecule has 0 saturated heterocycles. The van der Waals surface area contributed by atoms with Crippen LogP contribution in [0.15, 0.2) is 34.7 Å². The monoisotopic (exact) mass is 390 g/mol. The van der Waals surface area contributed by atoms with E-state index in [9.17, 15) is 5.11 Å². The summed E-state index contributed by atoms with van der Waals surface area (Å²) in [4.78, 5) is 4.41. The molecule has 0 saturated carbocycles. The van der Waals surface area contributed by atoms with Gasteiger partial charge in [-0.2, -0.15) is 0 Å². The van der Waals surface area contributed by atoms with Crippen LogP contribution in [0.4, 0.5) is 0 Å². The van der Waals surface area contributed by atoms with E-state index in [0.717, 1.165) is 18.9 Å². The average molecular weight is 391 g/mol. The number of aliphatic hydroxyl groups excluding tert-OH is 1. The van der Waals surface area contributed by atoms with Crippen molar-refractivity contribution < 1.29 is 9.52 Å². The Kier molecular flexibility index (Phi) is 11.2. The molecule has 0 spiro atoms. The molecule has 1 aliphatic rings. The zero-order valence-electron chi connectivity index (χ0n) is 18.2. The second-order valence-electron chi connectivity index (χ2n) is 8.38. The molecule has 0 fully saturated rings. The van der Waals surface area contributed by atoms with Crippen LogP contribution in [0.25, 0.3) is 0 Å². The summed E-state index contributed by atoms with van der Waals surface area (Å²) >= 11 is 0. The van der Waals surface area contributed by atoms with E-state index in [1.54, 1.807) is 6.26 Å². The summed E-state index contributed by atoms with van der Waals surface area (Å²) in [6, 6.07) is 3.67. The summed E-state index contributed by atoms with van der Waals surface area (Å²) in [6.07, 6.45) is 20.9. The van der Waals surface area contributed by atoms with Gasteiger partial charge in [0.2, 0.25) is 0 Å². The fourth-order valence-electron chi connectivity index (χ4n) is 4.06. The molecule has 0 radical (unpaired) electrons. The number of unbranched alkanes of at least 4 members (excludes halogenated alkanes) is 12. The molecule has 1 N–H and O–H groups in total. The highest BCUT2D eigenvalue weighted by atomic mass is 16.4. The van der Waals surface area contributed by atoms with Gasteiger partial charge >= 0.3 is 0 Å². The Morgan fingerprint density at radius 3 is 2.04 bits per heavy atom. The first-order valence-electron chi connectivity index (χ1n) is 11.6. The molecular formula is C24H42N2O2. The minimum absolute atomic E-state index is 0.622. The first-order valence-corrected chi connectivity index (χ1v) is 11.6. The van der Waals surface area contributed by atoms with Crippen LogP contribution in [-0.4, -0.2) is 35.2 Å². The molecule has 1 aliphatic heterocycles. The molecule has 1 atom stereocenters. The molecule has 1 aromatic heterocycles. The maximum absolute atomic E-state index is 10.6. The summed E-state index contributed by atoms with van der Waals surface area (Å²) in [7, 11) is 2.05. The standard InChI is InChI=1S/C24H42N2O2/c1-3-4-5-6-7-8-9-10-11-12-13-14-15-18-26-21-25(2)20-22(26)24(27)23-17-16-19-28-23/h16-17,19-20,24,27H,3-15,18,21H2,1-2H3. The molecule has 4 nitrogen and oxygen atoms in total. The van der Waals surface area contributed by atoms with Gasteiger partial charge in [-0.05, 0) is 18.6 Å². The van der Waals surface area contributed by atoms with Crippen molar-refractivity contribution in [3.05, 3.63) is 36.1 Å². The first kappa shape index (κ1) is 22.9. The van der Waals surface area contributed by atoms with Crippen LogP contribution in [0, 0.1) is 0 Å². The Labute approximate surface area is 172 Å². The van der Waals surface area contributed by atoms with E-state index in [1.165, 1.54) is 83.5 Å². The highest BCUT2D eigenvalue weighted by molar-refractivity contribution is 5.19. The fraction of sp³-hybridized carbons (Fsp3) is 0.750. The molecule has 2 heterocycles. The molecular weight excluding hydrogens is 348 g/mol. The summed E-state index contributed by atoms with van der Waals surface area (Å²) < 4.78 is 5.38. The van der Waals surface area contributed by atoms with Crippen molar-refractivity contribution in [2.75, 3.05) is 20.3 Å². The zero-order valence-corrected chi connectivity index (χ0v) is 18.2. The Morgan fingerprint density at radius 2 is 1.50 bits per heavy atom. The maximum atomic E-state index is 10.6. The lowest BCUT2D eigenvalue weighted by Crippen LogP contribution is -2.28. The normalized spacial score (nSPS) is 15.3. The van der Waals surface area contributed by atoms with Gasteiger partial charge in [-0.25, -0.2) is 0 Å². The van der Waals surface area contributed by atoms with Crippen molar-refractivity contribution in [1.82, 2.24) is 9.80 Å². The van der Waals surface area contributed by atoms with Crippen LogP contribution in [0.1, 0.15) is 102 Å². The number of nitrogens with zero attached hydrogens (tertiary/aromatic N) is 2. The van der Waals surface area contributed by atoms with Gasteiger partial charge in [0.05, 0.1) is 18.6 Å². The molecule has 0 aromatic carbocycles. The SMILES string of the molecule is CCCCCCCCCCCCCCCN1CN(C)C=C1C(O)c1ccco1. The highest BCUT2D eigenvalue weighted by Crippen LogP contribution is 2.29. The summed E-state index contributed by atoms with van der Waals surface area (Å²) in [6.45, 7) is 4.14. The van der Waals surface area contributed by atoms with Gasteiger partial charge in [0, 0.05) is 19.8 Å². The van der Waals surface area contributed by atoms with Crippen molar-refractivity contribution in [3.8, 4) is 0 Å². The second-order valence-corrected chi connectivity index (χ2v) is 8.38. The third kappa shape index (κ3) is 8.30. The van der Waals surface area contributed by atoms with Crippen molar-refractivity contribution >= 4 is 0 Å². The van der Waals surface area contributed by atoms with E-state index in [1.807, 2.05) is 18.3 Å². The van der Waals surface area contributed by atoms with Crippen LogP contribution < -0.4 is 0 Å². The van der Waals surface area contributed by atoms with Crippen molar-refractivity contribution in [1.29, 1.82) is 0 Å². The lowest BCUT2D eigenvalue weighted by Gasteiger charge is -2.24. The summed E-state index contributed by atoms with van der Waals surface area (Å²) in [5, 5.41) is 10.6. The van der Waals surface area contributed by atoms with Crippen molar-refractivity contribution in [2.24, 2.45) is 0 Å². The van der Waals surface area contributed by atoms with Gasteiger partial charge < -0.3 is 19.3 Å². The fourth-order valence-corrected chi connectivity index (χ4v) is 4.06. The van der Waals surface area contributed by atoms with Gasteiger partial charge in [0.25, 0.3) is 0 Å². The molecule has 0 amide bonds. The minimum Gasteiger partial charge on any atom is -0.466 e. The van der Waals surface area contributed by atoms with Gasteiger partial charge in [-0.15, -0.1) is 0 Å². The molecule has 0 aliphatic carbocycles. The van der Waals surface area contributed by atoms with Gasteiger partial charge in [-0.3, -0.25) is 0 Å². The number of hydrogen-bond acceptors (Lipinski definition) is 4. The molecule has 28 heavy (non-hydrogen) atoms. The van der Waals surface area contributed by atoms with E-state index in [4.69, 9.17) is 4.42 Å². The third-order valence-corrected chi connectivity index (χ3v) is 5.74. The smallest absolute Gasteiger partial charge is 0.153 e. The lowest BCUT2D eigenvalue weighted by molar-refractivity contribution is 0.142. The number of aliphatic hydroxyl groups is 1. The molecule has 4 heteroatoms. The number of furan rings is 1. The Morgan fingerprint density at radius 1 is 0.929 bits per heavy atom. The predicted octanol–water partition coefficient (Wildman–Crippen LogP) is 6.45. The van der Waals surface area contributed by atoms with Crippen molar-refractivity contribution in [3.63, 3.8) is 0 Å². The molecule has 1 unspecified atom stereocenters. The maximum Gasteiger partial charge on any atom is 0.153 e. The Hall–Kier alpha value is -1.42. The summed E-state index contributed by atoms with van der Waals surface area (Å²) in [5.41, 5.74) is 0.955. The van der Waals surface area contributed by atoms with Crippen LogP contribution >= 0.6 is 0 Å². The van der Waals surface area contributed by atoms with Crippen LogP contribution in [0.5, 0.6) is 0 Å². The lowest BCUT2D eigenvalue weighted by atomic mass is 10.0. The quantitative estimate of drug-likeness (QED) is 0.329. The topological polar surface area (TPSA) is 39.9 Å². The van der Waals surface area contributed by atoms with Crippen LogP contribution in [0.3, 0.4) is 0 Å². The van der Waals surface area contributed by atoms with E-state index in [2.05, 4.69) is 23.8 Å². The Balaban J connectivity index is 1.48. The largest absolute Gasteiger partial charge is 0.466 e. The minimum atomic E-state index is -0.665.